The molecule has 7 heteroatoms. The number of thioether (sulfide) groups is 1. The van der Waals surface area contributed by atoms with Crippen molar-refractivity contribution in [2.45, 2.75) is 58.9 Å². The summed E-state index contributed by atoms with van der Waals surface area (Å²) in [5.74, 6) is -0.778. The lowest BCUT2D eigenvalue weighted by molar-refractivity contribution is -0.139. The van der Waals surface area contributed by atoms with E-state index in [1.165, 1.54) is 0 Å². The average molecular weight is 586 g/mol. The molecule has 3 rings (SSSR count). The minimum atomic E-state index is -0.560. The lowest BCUT2D eigenvalue weighted by Crippen LogP contribution is -2.50. The van der Waals surface area contributed by atoms with Crippen molar-refractivity contribution in [3.8, 4) is 0 Å². The van der Waals surface area contributed by atoms with Crippen LogP contribution in [-0.2, 0) is 27.3 Å². The van der Waals surface area contributed by atoms with Gasteiger partial charge in [0.2, 0.25) is 17.7 Å². The van der Waals surface area contributed by atoms with Crippen LogP contribution in [0.4, 0.5) is 0 Å². The maximum atomic E-state index is 14.0. The van der Waals surface area contributed by atoms with Crippen LogP contribution in [0, 0.1) is 12.8 Å². The number of nitrogens with zero attached hydrogens (tertiary/aromatic N) is 1. The second-order valence-corrected chi connectivity index (χ2v) is 12.4. The van der Waals surface area contributed by atoms with Crippen LogP contribution >= 0.6 is 11.8 Å². The Morgan fingerprint density at radius 3 is 2.14 bits per heavy atom. The predicted molar refractivity (Wildman–Crippen MR) is 174 cm³/mol. The zero-order chi connectivity index (χ0) is 30.5. The molecule has 0 radical (unpaired) electrons. The van der Waals surface area contributed by atoms with Gasteiger partial charge >= 0.3 is 0 Å². The third-order valence-electron chi connectivity index (χ3n) is 7.10. The molecule has 0 spiro atoms. The highest BCUT2D eigenvalue weighted by Crippen LogP contribution is 2.19. The standard InChI is InChI=1S/C35H43N3O3S/c1-25(2)42-24-38(23-33(39)36-22-31-19-13-12-14-26(31)3)35(41)28(5)32(21-30-17-10-7-11-18-30)37-34(40)27(4)20-29-15-8-6-9-16-29/h6-20,25,28,32H,21-24H2,1-5H3,(H,36,39)(H,37,40)/t28-,32-/m0/s1. The summed E-state index contributed by atoms with van der Waals surface area (Å²) < 4.78 is 0. The van der Waals surface area contributed by atoms with Crippen molar-refractivity contribution in [2.75, 3.05) is 12.4 Å². The molecule has 222 valence electrons. The Balaban J connectivity index is 1.77. The summed E-state index contributed by atoms with van der Waals surface area (Å²) in [5.41, 5.74) is 4.65. The summed E-state index contributed by atoms with van der Waals surface area (Å²) in [6.07, 6.45) is 2.33. The van der Waals surface area contributed by atoms with Crippen LogP contribution < -0.4 is 10.6 Å². The topological polar surface area (TPSA) is 78.5 Å². The number of nitrogens with one attached hydrogen (secondary N) is 2. The van der Waals surface area contributed by atoms with Crippen molar-refractivity contribution < 1.29 is 14.4 Å². The number of hydrogen-bond acceptors (Lipinski definition) is 4. The highest BCUT2D eigenvalue weighted by Gasteiger charge is 2.31. The summed E-state index contributed by atoms with van der Waals surface area (Å²) >= 11 is 1.61. The average Bonchev–Trinajstić information content (AvgIpc) is 2.98. The molecule has 3 aromatic carbocycles. The van der Waals surface area contributed by atoms with Gasteiger partial charge in [-0.3, -0.25) is 14.4 Å². The number of benzene rings is 3. The summed E-state index contributed by atoms with van der Waals surface area (Å²) in [7, 11) is 0. The Labute approximate surface area is 255 Å². The molecule has 2 N–H and O–H groups in total. The van der Waals surface area contributed by atoms with Crippen LogP contribution in [0.1, 0.15) is 49.9 Å². The van der Waals surface area contributed by atoms with Crippen molar-refractivity contribution in [3.63, 3.8) is 0 Å². The molecule has 42 heavy (non-hydrogen) atoms. The fraction of sp³-hybridized carbons (Fsp3) is 0.343. The van der Waals surface area contributed by atoms with Crippen molar-refractivity contribution in [2.24, 2.45) is 5.92 Å². The molecular formula is C35H43N3O3S. The molecule has 0 heterocycles. The van der Waals surface area contributed by atoms with Gasteiger partial charge in [0.15, 0.2) is 0 Å². The fourth-order valence-corrected chi connectivity index (χ4v) is 5.18. The van der Waals surface area contributed by atoms with Crippen LogP contribution in [0.3, 0.4) is 0 Å². The second-order valence-electron chi connectivity index (χ2n) is 10.9. The van der Waals surface area contributed by atoms with E-state index in [1.807, 2.05) is 105 Å². The molecule has 0 bridgehead atoms. The van der Waals surface area contributed by atoms with Gasteiger partial charge in [0, 0.05) is 23.4 Å². The quantitative estimate of drug-likeness (QED) is 0.180. The molecule has 0 saturated heterocycles. The number of amides is 3. The Bertz CT molecular complexity index is 1340. The van der Waals surface area contributed by atoms with Gasteiger partial charge in [0.1, 0.15) is 6.54 Å². The van der Waals surface area contributed by atoms with Crippen LogP contribution in [-0.4, -0.2) is 46.3 Å². The first-order valence-corrected chi connectivity index (χ1v) is 15.5. The van der Waals surface area contributed by atoms with Crippen molar-refractivity contribution in [1.29, 1.82) is 0 Å². The first-order valence-electron chi connectivity index (χ1n) is 14.4. The molecule has 0 fully saturated rings. The van der Waals surface area contributed by atoms with E-state index in [-0.39, 0.29) is 29.5 Å². The fourth-order valence-electron chi connectivity index (χ4n) is 4.49. The molecule has 3 amide bonds. The van der Waals surface area contributed by atoms with Gasteiger partial charge in [-0.25, -0.2) is 0 Å². The lowest BCUT2D eigenvalue weighted by atomic mass is 9.93. The van der Waals surface area contributed by atoms with Gasteiger partial charge in [-0.05, 0) is 48.6 Å². The maximum Gasteiger partial charge on any atom is 0.247 e. The highest BCUT2D eigenvalue weighted by molar-refractivity contribution is 7.99. The van der Waals surface area contributed by atoms with Crippen LogP contribution in [0.15, 0.2) is 90.5 Å². The van der Waals surface area contributed by atoms with Gasteiger partial charge in [0.25, 0.3) is 0 Å². The normalized spacial score (nSPS) is 12.9. The molecule has 0 unspecified atom stereocenters. The van der Waals surface area contributed by atoms with Crippen molar-refractivity contribution in [1.82, 2.24) is 15.5 Å². The van der Waals surface area contributed by atoms with Crippen LogP contribution in [0.2, 0.25) is 0 Å². The molecule has 6 nitrogen and oxygen atoms in total. The summed E-state index contributed by atoms with van der Waals surface area (Å²) in [5, 5.41) is 6.39. The number of aryl methyl sites for hydroxylation is 1. The van der Waals surface area contributed by atoms with Crippen LogP contribution in [0.25, 0.3) is 6.08 Å². The minimum Gasteiger partial charge on any atom is -0.350 e. The Hall–Kier alpha value is -3.84. The van der Waals surface area contributed by atoms with E-state index in [2.05, 4.69) is 24.5 Å². The Kier molecular flexibility index (Phi) is 12.9. The largest absolute Gasteiger partial charge is 0.350 e. The van der Waals surface area contributed by atoms with Gasteiger partial charge < -0.3 is 15.5 Å². The zero-order valence-corrected chi connectivity index (χ0v) is 26.1. The van der Waals surface area contributed by atoms with Crippen LogP contribution in [0.5, 0.6) is 0 Å². The Morgan fingerprint density at radius 1 is 0.881 bits per heavy atom. The lowest BCUT2D eigenvalue weighted by Gasteiger charge is -2.31. The minimum absolute atomic E-state index is 0.0479. The number of rotatable bonds is 14. The molecule has 3 aromatic rings. The SMILES string of the molecule is CC(=Cc1ccccc1)C(=O)N[C@@H](Cc1ccccc1)[C@H](C)C(=O)N(CSC(C)C)CC(=O)NCc1ccccc1C. The van der Waals surface area contributed by atoms with Crippen molar-refractivity contribution in [3.05, 3.63) is 113 Å². The smallest absolute Gasteiger partial charge is 0.247 e. The highest BCUT2D eigenvalue weighted by atomic mass is 32.2. The van der Waals surface area contributed by atoms with E-state index in [0.717, 1.165) is 22.3 Å². The van der Waals surface area contributed by atoms with E-state index in [1.54, 1.807) is 23.6 Å². The molecule has 0 aliphatic heterocycles. The maximum absolute atomic E-state index is 14.0. The monoisotopic (exact) mass is 585 g/mol. The van der Waals surface area contributed by atoms with E-state index < -0.39 is 12.0 Å². The van der Waals surface area contributed by atoms with E-state index in [4.69, 9.17) is 0 Å². The number of carbonyl (C=O) groups excluding carboxylic acids is 3. The van der Waals surface area contributed by atoms with Crippen molar-refractivity contribution >= 4 is 35.6 Å². The zero-order valence-electron chi connectivity index (χ0n) is 25.3. The summed E-state index contributed by atoms with van der Waals surface area (Å²) in [6.45, 7) is 10.1. The van der Waals surface area contributed by atoms with E-state index in [9.17, 15) is 14.4 Å². The van der Waals surface area contributed by atoms with Gasteiger partial charge in [-0.1, -0.05) is 106 Å². The molecule has 0 aromatic heterocycles. The number of hydrogen-bond donors (Lipinski definition) is 2. The summed E-state index contributed by atoms with van der Waals surface area (Å²) in [6, 6.07) is 27.0. The third-order valence-corrected chi connectivity index (χ3v) is 8.22. The third kappa shape index (κ3) is 10.5. The first-order chi connectivity index (χ1) is 20.1. The first kappa shape index (κ1) is 32.7. The second kappa shape index (κ2) is 16.6. The number of carbonyl (C=O) groups is 3. The van der Waals surface area contributed by atoms with Gasteiger partial charge in [-0.2, -0.15) is 0 Å². The van der Waals surface area contributed by atoms with E-state index >= 15 is 0 Å². The summed E-state index contributed by atoms with van der Waals surface area (Å²) in [4.78, 5) is 41.9. The molecular weight excluding hydrogens is 542 g/mol. The molecule has 0 saturated carbocycles. The van der Waals surface area contributed by atoms with Gasteiger partial charge in [-0.15, -0.1) is 11.8 Å². The molecule has 0 aliphatic rings. The molecule has 2 atom stereocenters. The predicted octanol–water partition coefficient (Wildman–Crippen LogP) is 6.01. The molecule has 0 aliphatic carbocycles. The Morgan fingerprint density at radius 2 is 1.50 bits per heavy atom. The van der Waals surface area contributed by atoms with E-state index in [0.29, 0.717) is 24.4 Å². The van der Waals surface area contributed by atoms with Gasteiger partial charge in [0.05, 0.1) is 11.8 Å².